The molecule has 29 heavy (non-hydrogen) atoms. The number of carbonyl (C=O) groups is 4. The molecule has 0 bridgehead atoms. The molecule has 0 aromatic heterocycles. The van der Waals surface area contributed by atoms with Gasteiger partial charge in [-0.3, -0.25) is 0 Å². The van der Waals surface area contributed by atoms with Gasteiger partial charge in [0.25, 0.3) is 0 Å². The summed E-state index contributed by atoms with van der Waals surface area (Å²) in [7, 11) is 0. The van der Waals surface area contributed by atoms with Crippen molar-refractivity contribution in [2.45, 2.75) is 48.8 Å². The molecule has 0 aliphatic carbocycles. The second-order valence-electron chi connectivity index (χ2n) is 5.09. The number of hydrogen-bond donors (Lipinski definition) is 12. The molecule has 0 rings (SSSR count). The molecule has 17 heteroatoms. The molecule has 12 N–H and O–H groups in total. The van der Waals surface area contributed by atoms with Gasteiger partial charge in [0, 0.05) is 20.1 Å². The largest absolute Gasteiger partial charge is 0.479 e. The average Bonchev–Trinajstić information content (AvgIpc) is 2.62. The zero-order valence-corrected chi connectivity index (χ0v) is 15.9. The van der Waals surface area contributed by atoms with Crippen molar-refractivity contribution in [3.8, 4) is 0 Å². The van der Waals surface area contributed by atoms with Gasteiger partial charge in [-0.05, 0) is 0 Å². The summed E-state index contributed by atoms with van der Waals surface area (Å²) in [5.74, 6) is -7.36. The number of rotatable bonds is 10. The molecular formula is C12H20O16Tc. The number of aliphatic carboxylic acids is 4. The van der Waals surface area contributed by atoms with E-state index in [1.807, 2.05) is 0 Å². The molecule has 0 aromatic rings. The third-order valence-electron chi connectivity index (χ3n) is 3.01. The molecule has 0 unspecified atom stereocenters. The molecule has 8 atom stereocenters. The summed E-state index contributed by atoms with van der Waals surface area (Å²) >= 11 is 0. The normalized spacial score (nSPS) is 18.8. The maximum atomic E-state index is 10.1. The van der Waals surface area contributed by atoms with E-state index in [-0.39, 0.29) is 20.1 Å². The van der Waals surface area contributed by atoms with Crippen molar-refractivity contribution in [2.24, 2.45) is 0 Å². The SMILES string of the molecule is O=C(O)[C@@H](O)[C@@H](O)[C@H](O)[C@@H](O)C(=O)O.O=C(O)[C@@H](O)[C@@H](O)[C@H](O)[C@@H](O)C(=O)O.[Tc]. The Labute approximate surface area is 173 Å². The summed E-state index contributed by atoms with van der Waals surface area (Å²) in [5.41, 5.74) is 0. The first kappa shape index (κ1) is 31.9. The molecule has 0 saturated carbocycles. The molecule has 0 aliphatic rings. The van der Waals surface area contributed by atoms with Gasteiger partial charge in [0.1, 0.15) is 24.4 Å². The van der Waals surface area contributed by atoms with E-state index in [2.05, 4.69) is 0 Å². The van der Waals surface area contributed by atoms with E-state index in [1.54, 1.807) is 0 Å². The predicted octanol–water partition coefficient (Wildman–Crippen LogP) is -6.80. The number of carboxylic acid groups (broad SMARTS) is 4. The van der Waals surface area contributed by atoms with E-state index in [9.17, 15) is 19.2 Å². The van der Waals surface area contributed by atoms with Gasteiger partial charge < -0.3 is 61.3 Å². The van der Waals surface area contributed by atoms with Crippen molar-refractivity contribution >= 4 is 23.9 Å². The number of hydrogen-bond acceptors (Lipinski definition) is 12. The fourth-order valence-electron chi connectivity index (χ4n) is 1.33. The Kier molecular flexibility index (Phi) is 15.7. The van der Waals surface area contributed by atoms with Crippen LogP contribution in [-0.4, -0.2) is 134 Å². The van der Waals surface area contributed by atoms with Gasteiger partial charge in [0.15, 0.2) is 24.4 Å². The molecule has 0 saturated heterocycles. The van der Waals surface area contributed by atoms with Crippen LogP contribution < -0.4 is 0 Å². The van der Waals surface area contributed by atoms with E-state index in [1.165, 1.54) is 0 Å². The minimum atomic E-state index is -2.36. The van der Waals surface area contributed by atoms with Crippen LogP contribution >= 0.6 is 0 Å². The van der Waals surface area contributed by atoms with Gasteiger partial charge in [-0.15, -0.1) is 0 Å². The Balaban J connectivity index is -0.000000451. The second-order valence-corrected chi connectivity index (χ2v) is 5.09. The number of carboxylic acids is 4. The Morgan fingerprint density at radius 2 is 0.483 bits per heavy atom. The van der Waals surface area contributed by atoms with Gasteiger partial charge in [0.2, 0.25) is 0 Å². The van der Waals surface area contributed by atoms with Crippen molar-refractivity contribution in [1.29, 1.82) is 0 Å². The Morgan fingerprint density at radius 1 is 0.379 bits per heavy atom. The van der Waals surface area contributed by atoms with Crippen molar-refractivity contribution in [3.05, 3.63) is 0 Å². The summed E-state index contributed by atoms with van der Waals surface area (Å²) < 4.78 is 0. The zero-order valence-electron chi connectivity index (χ0n) is 14.0. The maximum absolute atomic E-state index is 10.1. The second kappa shape index (κ2) is 14.2. The van der Waals surface area contributed by atoms with Crippen LogP contribution in [0, 0.1) is 0 Å². The standard InChI is InChI=1S/2C6H10O8.Tc/c2*7-1(3(9)5(11)12)2(8)4(10)6(13)14;/h2*1-4,7-10H,(H,11,12)(H,13,14);/t2*1-,2-,3-,4+;/m00./s1. The van der Waals surface area contributed by atoms with Crippen molar-refractivity contribution in [2.75, 3.05) is 0 Å². The van der Waals surface area contributed by atoms with E-state index in [0.717, 1.165) is 0 Å². The molecule has 0 aliphatic heterocycles. The topological polar surface area (TPSA) is 311 Å². The quantitative estimate of drug-likeness (QED) is 0.128. The summed E-state index contributed by atoms with van der Waals surface area (Å²) in [6.07, 6.45) is -18.6. The first-order chi connectivity index (χ1) is 12.6. The van der Waals surface area contributed by atoms with Crippen LogP contribution in [-0.2, 0) is 39.3 Å². The van der Waals surface area contributed by atoms with E-state index in [0.29, 0.717) is 0 Å². The van der Waals surface area contributed by atoms with E-state index in [4.69, 9.17) is 61.3 Å². The summed E-state index contributed by atoms with van der Waals surface area (Å²) in [5, 5.41) is 103. The molecule has 0 fully saturated rings. The molecule has 171 valence electrons. The summed E-state index contributed by atoms with van der Waals surface area (Å²) in [6, 6.07) is 0. The third kappa shape index (κ3) is 10.5. The summed E-state index contributed by atoms with van der Waals surface area (Å²) in [6.45, 7) is 0. The van der Waals surface area contributed by atoms with Crippen LogP contribution in [0.2, 0.25) is 0 Å². The fraction of sp³-hybridized carbons (Fsp3) is 0.667. The smallest absolute Gasteiger partial charge is 0.335 e. The molecule has 0 spiro atoms. The van der Waals surface area contributed by atoms with E-state index < -0.39 is 72.7 Å². The predicted molar refractivity (Wildman–Crippen MR) is 78.6 cm³/mol. The maximum Gasteiger partial charge on any atom is 0.335 e. The van der Waals surface area contributed by atoms with Crippen LogP contribution in [0.5, 0.6) is 0 Å². The first-order valence-electron chi connectivity index (χ1n) is 6.93. The molecule has 1 radical (unpaired) electrons. The fourth-order valence-corrected chi connectivity index (χ4v) is 1.33. The van der Waals surface area contributed by atoms with Gasteiger partial charge in [0.05, 0.1) is 0 Å². The van der Waals surface area contributed by atoms with Crippen molar-refractivity contribution in [1.82, 2.24) is 0 Å². The Hall–Kier alpha value is -1.79. The average molecular weight is 518 g/mol. The summed E-state index contributed by atoms with van der Waals surface area (Å²) in [4.78, 5) is 40.3. The molecule has 16 nitrogen and oxygen atoms in total. The molecule has 0 aromatic carbocycles. The van der Waals surface area contributed by atoms with Crippen LogP contribution in [0.3, 0.4) is 0 Å². The van der Waals surface area contributed by atoms with Crippen LogP contribution in [0.1, 0.15) is 0 Å². The molecular weight excluding hydrogens is 498 g/mol. The molecule has 0 amide bonds. The number of aliphatic hydroxyl groups excluding tert-OH is 8. The van der Waals surface area contributed by atoms with Crippen molar-refractivity contribution < 1.29 is 101 Å². The third-order valence-corrected chi connectivity index (χ3v) is 3.01. The van der Waals surface area contributed by atoms with Gasteiger partial charge in [-0.2, -0.15) is 0 Å². The van der Waals surface area contributed by atoms with Crippen LogP contribution in [0.25, 0.3) is 0 Å². The van der Waals surface area contributed by atoms with Gasteiger partial charge in [-0.1, -0.05) is 0 Å². The van der Waals surface area contributed by atoms with Gasteiger partial charge in [-0.25, -0.2) is 19.2 Å². The minimum Gasteiger partial charge on any atom is -0.479 e. The zero-order chi connectivity index (χ0) is 22.9. The van der Waals surface area contributed by atoms with Crippen LogP contribution in [0.4, 0.5) is 0 Å². The minimum absolute atomic E-state index is 0. The monoisotopic (exact) mass is 517 g/mol. The van der Waals surface area contributed by atoms with Crippen molar-refractivity contribution in [3.63, 3.8) is 0 Å². The van der Waals surface area contributed by atoms with Crippen LogP contribution in [0.15, 0.2) is 0 Å². The number of aliphatic hydroxyl groups is 8. The Bertz CT molecular complexity index is 458. The van der Waals surface area contributed by atoms with E-state index >= 15 is 0 Å². The first-order valence-corrected chi connectivity index (χ1v) is 6.93. The Morgan fingerprint density at radius 3 is 0.552 bits per heavy atom. The van der Waals surface area contributed by atoms with Gasteiger partial charge >= 0.3 is 23.9 Å². The molecule has 0 heterocycles.